The zero-order valence-corrected chi connectivity index (χ0v) is 20.3. The monoisotopic (exact) mass is 486 g/mol. The van der Waals surface area contributed by atoms with Gasteiger partial charge in [-0.1, -0.05) is 11.6 Å². The summed E-state index contributed by atoms with van der Waals surface area (Å²) in [5.74, 6) is 0.311. The molecule has 2 aromatic carbocycles. The number of halogens is 2. The molecule has 2 aliphatic rings. The van der Waals surface area contributed by atoms with Gasteiger partial charge in [0.05, 0.1) is 0 Å². The Morgan fingerprint density at radius 1 is 1.09 bits per heavy atom. The maximum Gasteiger partial charge on any atom is 0.256 e. The fraction of sp³-hybridized carbons (Fsp3) is 0.481. The molecule has 2 saturated heterocycles. The van der Waals surface area contributed by atoms with Crippen molar-refractivity contribution in [3.05, 3.63) is 63.9 Å². The molecule has 34 heavy (non-hydrogen) atoms. The molecule has 4 rings (SSSR count). The molecular weight excluding hydrogens is 455 g/mol. The minimum atomic E-state index is -1.39. The first-order valence-corrected chi connectivity index (χ1v) is 12.5. The highest BCUT2D eigenvalue weighted by Gasteiger charge is 2.30. The standard InChI is InChI=1S/C27H32ClFN2O3/c1-18-12-25(3-2-21(18)17-32)30-8-4-19(5-9-30)13-20-6-10-31(11-7-20)27(34)26(33)22-14-23(28)16-24(29)15-22/h2-3,12,14-17,19-20,26,33H,4-11,13H2,1H3. The fourth-order valence-electron chi connectivity index (χ4n) is 5.32. The Bertz CT molecular complexity index is 1010. The molecule has 2 aromatic rings. The van der Waals surface area contributed by atoms with Gasteiger partial charge in [0.25, 0.3) is 5.91 Å². The lowest BCUT2D eigenvalue weighted by Crippen LogP contribution is -2.42. The summed E-state index contributed by atoms with van der Waals surface area (Å²) in [5.41, 5.74) is 3.14. The van der Waals surface area contributed by atoms with Gasteiger partial charge in [0.15, 0.2) is 6.10 Å². The average molecular weight is 487 g/mol. The molecular formula is C27H32ClFN2O3. The van der Waals surface area contributed by atoms with Crippen molar-refractivity contribution < 1.29 is 19.1 Å². The molecule has 0 saturated carbocycles. The van der Waals surface area contributed by atoms with E-state index >= 15 is 0 Å². The van der Waals surface area contributed by atoms with Gasteiger partial charge in [-0.15, -0.1) is 0 Å². The van der Waals surface area contributed by atoms with Crippen molar-refractivity contribution in [3.8, 4) is 0 Å². The highest BCUT2D eigenvalue weighted by atomic mass is 35.5. The topological polar surface area (TPSA) is 60.9 Å². The number of benzene rings is 2. The van der Waals surface area contributed by atoms with Crippen molar-refractivity contribution in [3.63, 3.8) is 0 Å². The largest absolute Gasteiger partial charge is 0.378 e. The summed E-state index contributed by atoms with van der Waals surface area (Å²) in [5, 5.41) is 10.6. The second-order valence-electron chi connectivity index (χ2n) is 9.70. The summed E-state index contributed by atoms with van der Waals surface area (Å²) < 4.78 is 13.6. The number of nitrogens with zero attached hydrogens (tertiary/aromatic N) is 2. The van der Waals surface area contributed by atoms with Crippen molar-refractivity contribution in [2.24, 2.45) is 11.8 Å². The zero-order valence-electron chi connectivity index (χ0n) is 19.6. The van der Waals surface area contributed by atoms with Crippen LogP contribution >= 0.6 is 11.6 Å². The number of hydrogen-bond acceptors (Lipinski definition) is 4. The van der Waals surface area contributed by atoms with Gasteiger partial charge in [-0.3, -0.25) is 9.59 Å². The normalized spacial score (nSPS) is 18.7. The molecule has 182 valence electrons. The molecule has 0 spiro atoms. The minimum absolute atomic E-state index is 0.166. The van der Waals surface area contributed by atoms with Gasteiger partial charge in [-0.2, -0.15) is 0 Å². The van der Waals surface area contributed by atoms with Crippen LogP contribution in [-0.2, 0) is 4.79 Å². The number of anilines is 1. The predicted octanol–water partition coefficient (Wildman–Crippen LogP) is 5.18. The van der Waals surface area contributed by atoms with Gasteiger partial charge < -0.3 is 14.9 Å². The van der Waals surface area contributed by atoms with Gasteiger partial charge in [0, 0.05) is 42.5 Å². The van der Waals surface area contributed by atoms with Gasteiger partial charge in [-0.05, 0) is 98.4 Å². The van der Waals surface area contributed by atoms with Crippen molar-refractivity contribution in [2.45, 2.75) is 45.1 Å². The quantitative estimate of drug-likeness (QED) is 0.571. The number of aldehydes is 1. The Morgan fingerprint density at radius 3 is 2.32 bits per heavy atom. The van der Waals surface area contributed by atoms with Gasteiger partial charge in [0.1, 0.15) is 12.1 Å². The number of carbonyl (C=O) groups is 2. The fourth-order valence-corrected chi connectivity index (χ4v) is 5.55. The molecule has 1 atom stereocenters. The summed E-state index contributed by atoms with van der Waals surface area (Å²) in [4.78, 5) is 27.9. The van der Waals surface area contributed by atoms with Crippen LogP contribution in [0, 0.1) is 24.6 Å². The van der Waals surface area contributed by atoms with E-state index in [1.807, 2.05) is 19.1 Å². The molecule has 1 amide bonds. The van der Waals surface area contributed by atoms with Crippen molar-refractivity contribution in [1.82, 2.24) is 4.90 Å². The highest BCUT2D eigenvalue weighted by molar-refractivity contribution is 6.30. The Morgan fingerprint density at radius 2 is 1.74 bits per heavy atom. The van der Waals surface area contributed by atoms with E-state index in [1.165, 1.54) is 18.2 Å². The molecule has 1 unspecified atom stereocenters. The smallest absolute Gasteiger partial charge is 0.256 e. The first-order valence-electron chi connectivity index (χ1n) is 12.1. The first-order chi connectivity index (χ1) is 16.3. The van der Waals surface area contributed by atoms with Crippen LogP contribution in [0.2, 0.25) is 5.02 Å². The molecule has 0 aliphatic carbocycles. The lowest BCUT2D eigenvalue weighted by Gasteiger charge is -2.38. The van der Waals surface area contributed by atoms with E-state index in [4.69, 9.17) is 11.6 Å². The molecule has 0 aromatic heterocycles. The number of aliphatic hydroxyl groups is 1. The van der Waals surface area contributed by atoms with Crippen LogP contribution in [0.5, 0.6) is 0 Å². The van der Waals surface area contributed by atoms with E-state index in [9.17, 15) is 19.1 Å². The van der Waals surface area contributed by atoms with E-state index < -0.39 is 11.9 Å². The van der Waals surface area contributed by atoms with Gasteiger partial charge >= 0.3 is 0 Å². The van der Waals surface area contributed by atoms with Crippen LogP contribution in [0.3, 0.4) is 0 Å². The second kappa shape index (κ2) is 10.9. The van der Waals surface area contributed by atoms with E-state index in [2.05, 4.69) is 11.0 Å². The molecule has 2 fully saturated rings. The maximum absolute atomic E-state index is 13.6. The van der Waals surface area contributed by atoms with Gasteiger partial charge in [-0.25, -0.2) is 4.39 Å². The number of amides is 1. The summed E-state index contributed by atoms with van der Waals surface area (Å²) in [6.45, 7) is 5.24. The average Bonchev–Trinajstić information content (AvgIpc) is 2.83. The molecule has 7 heteroatoms. The maximum atomic E-state index is 13.6. The van der Waals surface area contributed by atoms with Gasteiger partial charge in [0.2, 0.25) is 0 Å². The van der Waals surface area contributed by atoms with Crippen molar-refractivity contribution in [2.75, 3.05) is 31.1 Å². The highest BCUT2D eigenvalue weighted by Crippen LogP contribution is 2.33. The molecule has 0 bridgehead atoms. The van der Waals surface area contributed by atoms with Crippen LogP contribution in [0.25, 0.3) is 0 Å². The number of aryl methyl sites for hydroxylation is 1. The third-order valence-electron chi connectivity index (χ3n) is 7.39. The van der Waals surface area contributed by atoms with E-state index in [0.29, 0.717) is 24.9 Å². The third-order valence-corrected chi connectivity index (χ3v) is 7.61. The van der Waals surface area contributed by atoms with Crippen LogP contribution in [-0.4, -0.2) is 48.4 Å². The second-order valence-corrected chi connectivity index (χ2v) is 10.1. The summed E-state index contributed by atoms with van der Waals surface area (Å²) in [7, 11) is 0. The Kier molecular flexibility index (Phi) is 7.89. The van der Waals surface area contributed by atoms with E-state index in [0.717, 1.165) is 68.3 Å². The minimum Gasteiger partial charge on any atom is -0.378 e. The SMILES string of the molecule is Cc1cc(N2CCC(CC3CCN(C(=O)C(O)c4cc(F)cc(Cl)c4)CC3)CC2)ccc1C=O. The van der Waals surface area contributed by atoms with Crippen LogP contribution in [0.4, 0.5) is 10.1 Å². The van der Waals surface area contributed by atoms with E-state index in [-0.39, 0.29) is 16.5 Å². The summed E-state index contributed by atoms with van der Waals surface area (Å²) >= 11 is 5.87. The van der Waals surface area contributed by atoms with Crippen molar-refractivity contribution >= 4 is 29.5 Å². The number of rotatable bonds is 6. The predicted molar refractivity (Wildman–Crippen MR) is 132 cm³/mol. The van der Waals surface area contributed by atoms with E-state index in [1.54, 1.807) is 4.90 Å². The molecule has 0 radical (unpaired) electrons. The summed E-state index contributed by atoms with van der Waals surface area (Å²) in [6.07, 6.45) is 4.82. The third kappa shape index (κ3) is 5.78. The van der Waals surface area contributed by atoms with Crippen LogP contribution in [0.15, 0.2) is 36.4 Å². The number of aliphatic hydroxyl groups excluding tert-OH is 1. The van der Waals surface area contributed by atoms with Crippen LogP contribution < -0.4 is 4.90 Å². The first kappa shape index (κ1) is 24.7. The lowest BCUT2D eigenvalue weighted by atomic mass is 9.82. The number of piperidine rings is 2. The molecule has 1 N–H and O–H groups in total. The zero-order chi connectivity index (χ0) is 24.2. The lowest BCUT2D eigenvalue weighted by molar-refractivity contribution is -0.142. The van der Waals surface area contributed by atoms with Crippen LogP contribution in [0.1, 0.15) is 59.7 Å². The Labute approximate surface area is 205 Å². The molecule has 5 nitrogen and oxygen atoms in total. The number of likely N-dealkylation sites (tertiary alicyclic amines) is 1. The number of carbonyl (C=O) groups excluding carboxylic acids is 2. The van der Waals surface area contributed by atoms with Crippen molar-refractivity contribution in [1.29, 1.82) is 0 Å². The molecule has 2 aliphatic heterocycles. The Hall–Kier alpha value is -2.44. The summed E-state index contributed by atoms with van der Waals surface area (Å²) in [6, 6.07) is 9.79. The Balaban J connectivity index is 1.23. The molecule has 2 heterocycles. The number of hydrogen-bond donors (Lipinski definition) is 1.